The first-order valence-corrected chi connectivity index (χ1v) is 15.2. The zero-order valence-electron chi connectivity index (χ0n) is 22.4. The molecule has 1 aliphatic carbocycles. The zero-order valence-corrected chi connectivity index (χ0v) is 23.3. The molecular formula is C27H33N5O8S. The molecule has 1 saturated carbocycles. The summed E-state index contributed by atoms with van der Waals surface area (Å²) in [6.07, 6.45) is 1.16. The molecule has 4 rings (SSSR count). The Bertz CT molecular complexity index is 1390. The van der Waals surface area contributed by atoms with Crippen LogP contribution in [0.5, 0.6) is 0 Å². The molecule has 2 fully saturated rings. The predicted octanol–water partition coefficient (Wildman–Crippen LogP) is 1.79. The molecule has 1 aromatic carbocycles. The highest BCUT2D eigenvalue weighted by molar-refractivity contribution is 7.91. The van der Waals surface area contributed by atoms with Crippen LogP contribution in [-0.4, -0.2) is 99.7 Å². The van der Waals surface area contributed by atoms with E-state index < -0.39 is 51.4 Å². The molecule has 1 atom stereocenters. The normalized spacial score (nSPS) is 16.8. The van der Waals surface area contributed by atoms with Crippen molar-refractivity contribution in [3.63, 3.8) is 0 Å². The Hall–Kier alpha value is -4.07. The van der Waals surface area contributed by atoms with Gasteiger partial charge in [-0.3, -0.25) is 14.4 Å². The van der Waals surface area contributed by atoms with Crippen LogP contribution in [0.15, 0.2) is 36.4 Å². The van der Waals surface area contributed by atoms with Gasteiger partial charge in [0.15, 0.2) is 15.7 Å². The van der Waals surface area contributed by atoms with Gasteiger partial charge < -0.3 is 25.3 Å². The summed E-state index contributed by atoms with van der Waals surface area (Å²) in [6.45, 7) is 0.372. The monoisotopic (exact) mass is 587 g/mol. The summed E-state index contributed by atoms with van der Waals surface area (Å²) in [7, 11) is -3.53. The SMILES string of the molecule is O=C(O)CCC(NC(=O)c1cc(CS(=O)(=O)C2CCCC2)nc(-c2ccccc2)n1)C(=O)N1CCN(C(=O)O)CC1. The number of nitrogens with zero attached hydrogens (tertiary/aromatic N) is 4. The molecule has 1 aromatic heterocycles. The molecule has 1 saturated heterocycles. The number of aromatic nitrogens is 2. The van der Waals surface area contributed by atoms with Gasteiger partial charge in [-0.15, -0.1) is 0 Å². The molecular weight excluding hydrogens is 554 g/mol. The third-order valence-electron chi connectivity index (χ3n) is 7.32. The van der Waals surface area contributed by atoms with Crippen LogP contribution in [0.2, 0.25) is 0 Å². The number of carboxylic acids is 1. The molecule has 0 spiro atoms. The van der Waals surface area contributed by atoms with E-state index in [-0.39, 0.29) is 55.6 Å². The van der Waals surface area contributed by atoms with Gasteiger partial charge in [0, 0.05) is 38.2 Å². The number of hydrogen-bond donors (Lipinski definition) is 3. The Balaban J connectivity index is 1.59. The highest BCUT2D eigenvalue weighted by Gasteiger charge is 2.32. The lowest BCUT2D eigenvalue weighted by atomic mass is 10.1. The third-order valence-corrected chi connectivity index (χ3v) is 9.50. The lowest BCUT2D eigenvalue weighted by molar-refractivity contribution is -0.138. The average Bonchev–Trinajstić information content (AvgIpc) is 3.51. The first kappa shape index (κ1) is 29.9. The summed E-state index contributed by atoms with van der Waals surface area (Å²) in [4.78, 5) is 60.6. The number of benzene rings is 1. The topological polar surface area (TPSA) is 187 Å². The van der Waals surface area contributed by atoms with Crippen LogP contribution < -0.4 is 5.32 Å². The number of carboxylic acid groups (broad SMARTS) is 2. The minimum absolute atomic E-state index is 0.0891. The molecule has 1 aliphatic heterocycles. The number of sulfone groups is 1. The molecule has 3 N–H and O–H groups in total. The van der Waals surface area contributed by atoms with E-state index in [0.29, 0.717) is 18.4 Å². The van der Waals surface area contributed by atoms with E-state index in [2.05, 4.69) is 15.3 Å². The van der Waals surface area contributed by atoms with E-state index in [4.69, 9.17) is 0 Å². The van der Waals surface area contributed by atoms with Crippen molar-refractivity contribution in [2.24, 2.45) is 0 Å². The van der Waals surface area contributed by atoms with Crippen molar-refractivity contribution in [2.75, 3.05) is 26.2 Å². The number of rotatable bonds is 10. The van der Waals surface area contributed by atoms with Crippen LogP contribution in [0, 0.1) is 0 Å². The van der Waals surface area contributed by atoms with Gasteiger partial charge in [0.1, 0.15) is 11.7 Å². The molecule has 2 aromatic rings. The van der Waals surface area contributed by atoms with E-state index in [0.717, 1.165) is 12.8 Å². The van der Waals surface area contributed by atoms with Gasteiger partial charge in [-0.1, -0.05) is 43.2 Å². The van der Waals surface area contributed by atoms with Gasteiger partial charge in [-0.25, -0.2) is 23.2 Å². The summed E-state index contributed by atoms with van der Waals surface area (Å²) in [6, 6.07) is 8.83. The fourth-order valence-corrected chi connectivity index (χ4v) is 6.92. The molecule has 41 heavy (non-hydrogen) atoms. The fourth-order valence-electron chi connectivity index (χ4n) is 5.07. The van der Waals surface area contributed by atoms with E-state index in [9.17, 15) is 37.8 Å². The van der Waals surface area contributed by atoms with Crippen LogP contribution in [0.25, 0.3) is 11.4 Å². The van der Waals surface area contributed by atoms with Gasteiger partial charge in [0.2, 0.25) is 5.91 Å². The first-order chi connectivity index (χ1) is 19.5. The Morgan fingerprint density at radius 3 is 2.20 bits per heavy atom. The van der Waals surface area contributed by atoms with Crippen molar-refractivity contribution in [1.29, 1.82) is 0 Å². The van der Waals surface area contributed by atoms with Gasteiger partial charge in [0.25, 0.3) is 5.91 Å². The minimum Gasteiger partial charge on any atom is -0.481 e. The lowest BCUT2D eigenvalue weighted by Gasteiger charge is -2.35. The van der Waals surface area contributed by atoms with Gasteiger partial charge in [0.05, 0.1) is 16.7 Å². The van der Waals surface area contributed by atoms with Gasteiger partial charge in [-0.2, -0.15) is 0 Å². The molecule has 0 bridgehead atoms. The van der Waals surface area contributed by atoms with Crippen LogP contribution in [0.3, 0.4) is 0 Å². The fraction of sp³-hybridized carbons (Fsp3) is 0.481. The zero-order chi connectivity index (χ0) is 29.6. The smallest absolute Gasteiger partial charge is 0.407 e. The average molecular weight is 588 g/mol. The molecule has 2 aliphatic rings. The largest absolute Gasteiger partial charge is 0.481 e. The van der Waals surface area contributed by atoms with Crippen molar-refractivity contribution in [1.82, 2.24) is 25.1 Å². The standard InChI is InChI=1S/C27H33N5O8S/c33-23(34)11-10-21(26(36)31-12-14-32(15-13-31)27(37)38)30-25(35)22-16-19(17-41(39,40)20-8-4-5-9-20)28-24(29-22)18-6-2-1-3-7-18/h1-3,6-7,16,20-21H,4-5,8-15,17H2,(H,30,35)(H,33,34)(H,37,38). The van der Waals surface area contributed by atoms with Crippen LogP contribution >= 0.6 is 0 Å². The van der Waals surface area contributed by atoms with E-state index in [1.165, 1.54) is 15.9 Å². The Morgan fingerprint density at radius 1 is 0.951 bits per heavy atom. The van der Waals surface area contributed by atoms with Crippen LogP contribution in [0.1, 0.15) is 54.7 Å². The number of aliphatic carboxylic acids is 1. The Kier molecular flexibility index (Phi) is 9.53. The molecule has 1 unspecified atom stereocenters. The maximum atomic E-state index is 13.4. The highest BCUT2D eigenvalue weighted by Crippen LogP contribution is 2.27. The van der Waals surface area contributed by atoms with E-state index >= 15 is 0 Å². The number of piperazine rings is 1. The summed E-state index contributed by atoms with van der Waals surface area (Å²) in [5.74, 6) is -2.69. The van der Waals surface area contributed by atoms with Crippen molar-refractivity contribution in [3.8, 4) is 11.4 Å². The van der Waals surface area contributed by atoms with Crippen molar-refractivity contribution in [3.05, 3.63) is 47.8 Å². The van der Waals surface area contributed by atoms with Crippen molar-refractivity contribution < 1.29 is 37.8 Å². The van der Waals surface area contributed by atoms with Gasteiger partial charge in [-0.05, 0) is 25.3 Å². The lowest BCUT2D eigenvalue weighted by Crippen LogP contribution is -2.55. The molecule has 0 radical (unpaired) electrons. The van der Waals surface area contributed by atoms with Crippen molar-refractivity contribution in [2.45, 2.75) is 55.6 Å². The Labute approximate surface area is 237 Å². The second-order valence-corrected chi connectivity index (χ2v) is 12.5. The number of nitrogens with one attached hydrogen (secondary N) is 1. The quantitative estimate of drug-likeness (QED) is 0.370. The molecule has 3 amide bonds. The molecule has 13 nitrogen and oxygen atoms in total. The summed E-state index contributed by atoms with van der Waals surface area (Å²) in [5, 5.41) is 20.5. The van der Waals surface area contributed by atoms with E-state index in [1.807, 2.05) is 0 Å². The second-order valence-electron chi connectivity index (χ2n) is 10.2. The molecule has 220 valence electrons. The minimum atomic E-state index is -3.53. The molecule has 14 heteroatoms. The maximum Gasteiger partial charge on any atom is 0.407 e. The summed E-state index contributed by atoms with van der Waals surface area (Å²) in [5.41, 5.74) is 0.560. The van der Waals surface area contributed by atoms with Crippen LogP contribution in [-0.2, 0) is 25.2 Å². The third kappa shape index (κ3) is 7.78. The number of hydrogen-bond acceptors (Lipinski definition) is 8. The van der Waals surface area contributed by atoms with Crippen molar-refractivity contribution >= 4 is 33.7 Å². The number of carbonyl (C=O) groups is 4. The second kappa shape index (κ2) is 13.1. The van der Waals surface area contributed by atoms with Gasteiger partial charge >= 0.3 is 12.1 Å². The maximum absolute atomic E-state index is 13.4. The highest BCUT2D eigenvalue weighted by atomic mass is 32.2. The number of carbonyl (C=O) groups excluding carboxylic acids is 2. The summed E-state index contributed by atoms with van der Waals surface area (Å²) < 4.78 is 26.2. The number of amides is 3. The predicted molar refractivity (Wildman–Crippen MR) is 147 cm³/mol. The van der Waals surface area contributed by atoms with E-state index in [1.54, 1.807) is 30.3 Å². The summed E-state index contributed by atoms with van der Waals surface area (Å²) >= 11 is 0. The van der Waals surface area contributed by atoms with Crippen LogP contribution in [0.4, 0.5) is 4.79 Å². The molecule has 2 heterocycles. The first-order valence-electron chi connectivity index (χ1n) is 13.5. The Morgan fingerprint density at radius 2 is 1.59 bits per heavy atom.